The van der Waals surface area contributed by atoms with Crippen molar-refractivity contribution < 1.29 is 4.79 Å². The maximum atomic E-state index is 12.3. The minimum atomic E-state index is -0.308. The topological polar surface area (TPSA) is 72.7 Å². The SMILES string of the molecule is Cc1ccccc1-n1nnnc1S[C@@H](C)C(=O)NCc1ccccc1. The molecule has 6 nitrogen and oxygen atoms in total. The van der Waals surface area contributed by atoms with Crippen molar-refractivity contribution in [2.45, 2.75) is 30.8 Å². The highest BCUT2D eigenvalue weighted by Gasteiger charge is 2.19. The summed E-state index contributed by atoms with van der Waals surface area (Å²) in [6.07, 6.45) is 0. The molecule has 0 radical (unpaired) electrons. The lowest BCUT2D eigenvalue weighted by atomic mass is 10.2. The Morgan fingerprint density at radius 3 is 2.64 bits per heavy atom. The first-order chi connectivity index (χ1) is 12.1. The van der Waals surface area contributed by atoms with Crippen molar-refractivity contribution in [3.05, 3.63) is 65.7 Å². The Morgan fingerprint density at radius 1 is 1.16 bits per heavy atom. The zero-order chi connectivity index (χ0) is 17.6. The highest BCUT2D eigenvalue weighted by molar-refractivity contribution is 8.00. The summed E-state index contributed by atoms with van der Waals surface area (Å²) in [6.45, 7) is 4.36. The Hall–Kier alpha value is -2.67. The van der Waals surface area contributed by atoms with E-state index < -0.39 is 0 Å². The average molecular weight is 353 g/mol. The monoisotopic (exact) mass is 353 g/mol. The lowest BCUT2D eigenvalue weighted by Crippen LogP contribution is -2.30. The van der Waals surface area contributed by atoms with Gasteiger partial charge < -0.3 is 5.32 Å². The summed E-state index contributed by atoms with van der Waals surface area (Å²) in [5.41, 5.74) is 3.04. The fourth-order valence-corrected chi connectivity index (χ4v) is 3.17. The molecular formula is C18H19N5OS. The van der Waals surface area contributed by atoms with E-state index in [0.717, 1.165) is 16.8 Å². The third kappa shape index (κ3) is 4.24. The van der Waals surface area contributed by atoms with Crippen LogP contribution in [0, 0.1) is 6.92 Å². The van der Waals surface area contributed by atoms with Crippen LogP contribution in [0.1, 0.15) is 18.1 Å². The molecule has 2 aromatic carbocycles. The number of carbonyl (C=O) groups is 1. The molecule has 0 bridgehead atoms. The molecule has 1 heterocycles. The average Bonchev–Trinajstić information content (AvgIpc) is 3.08. The van der Waals surface area contributed by atoms with E-state index in [4.69, 9.17) is 0 Å². The number of aryl methyl sites for hydroxylation is 1. The minimum Gasteiger partial charge on any atom is -0.351 e. The maximum absolute atomic E-state index is 12.3. The van der Waals surface area contributed by atoms with Crippen LogP contribution in [0.3, 0.4) is 0 Å². The van der Waals surface area contributed by atoms with Gasteiger partial charge in [-0.25, -0.2) is 0 Å². The van der Waals surface area contributed by atoms with Gasteiger partial charge in [-0.15, -0.1) is 5.10 Å². The van der Waals surface area contributed by atoms with Crippen molar-refractivity contribution in [2.75, 3.05) is 0 Å². The Bertz CT molecular complexity index is 849. The molecule has 1 atom stereocenters. The second-order valence-corrected chi connectivity index (χ2v) is 6.93. The smallest absolute Gasteiger partial charge is 0.233 e. The summed E-state index contributed by atoms with van der Waals surface area (Å²) in [7, 11) is 0. The summed E-state index contributed by atoms with van der Waals surface area (Å²) in [5.74, 6) is -0.0480. The molecule has 1 aromatic heterocycles. The van der Waals surface area contributed by atoms with Gasteiger partial charge in [-0.2, -0.15) is 4.68 Å². The van der Waals surface area contributed by atoms with Gasteiger partial charge in [-0.3, -0.25) is 4.79 Å². The zero-order valence-corrected chi connectivity index (χ0v) is 14.9. The van der Waals surface area contributed by atoms with Crippen molar-refractivity contribution in [1.82, 2.24) is 25.5 Å². The summed E-state index contributed by atoms with van der Waals surface area (Å²) < 4.78 is 1.67. The van der Waals surface area contributed by atoms with Gasteiger partial charge in [0.1, 0.15) is 0 Å². The van der Waals surface area contributed by atoms with Crippen molar-refractivity contribution in [3.63, 3.8) is 0 Å². The quantitative estimate of drug-likeness (QED) is 0.690. The standard InChI is InChI=1S/C18H19N5OS/c1-13-8-6-7-11-16(13)23-18(20-21-22-23)25-14(2)17(24)19-12-15-9-4-3-5-10-15/h3-11,14H,12H2,1-2H3,(H,19,24)/t14-/m0/s1. The molecule has 128 valence electrons. The molecule has 1 amide bonds. The number of rotatable bonds is 6. The lowest BCUT2D eigenvalue weighted by molar-refractivity contribution is -0.120. The fourth-order valence-electron chi connectivity index (χ4n) is 2.35. The van der Waals surface area contributed by atoms with Crippen LogP contribution in [0.5, 0.6) is 0 Å². The molecular weight excluding hydrogens is 334 g/mol. The molecule has 0 aliphatic carbocycles. The van der Waals surface area contributed by atoms with E-state index in [1.807, 2.05) is 68.4 Å². The first-order valence-electron chi connectivity index (χ1n) is 7.98. The Kier molecular flexibility index (Phi) is 5.45. The van der Waals surface area contributed by atoms with Crippen LogP contribution in [0.4, 0.5) is 0 Å². The van der Waals surface area contributed by atoms with Crippen molar-refractivity contribution >= 4 is 17.7 Å². The predicted octanol–water partition coefficient (Wildman–Crippen LogP) is 2.77. The van der Waals surface area contributed by atoms with Gasteiger partial charge in [0.25, 0.3) is 0 Å². The van der Waals surface area contributed by atoms with Gasteiger partial charge in [-0.1, -0.05) is 60.3 Å². The highest BCUT2D eigenvalue weighted by Crippen LogP contribution is 2.24. The van der Waals surface area contributed by atoms with E-state index in [0.29, 0.717) is 11.7 Å². The molecule has 25 heavy (non-hydrogen) atoms. The van der Waals surface area contributed by atoms with Gasteiger partial charge in [0.2, 0.25) is 11.1 Å². The number of benzene rings is 2. The number of hydrogen-bond donors (Lipinski definition) is 1. The molecule has 3 aromatic rings. The third-order valence-corrected chi connectivity index (χ3v) is 4.78. The number of amides is 1. The van der Waals surface area contributed by atoms with Gasteiger partial charge in [-0.05, 0) is 41.5 Å². The number of aromatic nitrogens is 4. The summed E-state index contributed by atoms with van der Waals surface area (Å²) >= 11 is 1.34. The summed E-state index contributed by atoms with van der Waals surface area (Å²) in [5, 5.41) is 15.1. The molecule has 7 heteroatoms. The van der Waals surface area contributed by atoms with Crippen molar-refractivity contribution in [3.8, 4) is 5.69 Å². The van der Waals surface area contributed by atoms with Crippen LogP contribution >= 0.6 is 11.8 Å². The van der Waals surface area contributed by atoms with Crippen LogP contribution in [-0.4, -0.2) is 31.4 Å². The number of nitrogens with zero attached hydrogens (tertiary/aromatic N) is 4. The Morgan fingerprint density at radius 2 is 1.88 bits per heavy atom. The number of thioether (sulfide) groups is 1. The van der Waals surface area contributed by atoms with E-state index in [1.54, 1.807) is 4.68 Å². The molecule has 1 N–H and O–H groups in total. The normalized spacial score (nSPS) is 11.9. The third-order valence-electron chi connectivity index (χ3n) is 3.75. The minimum absolute atomic E-state index is 0.0480. The van der Waals surface area contributed by atoms with Gasteiger partial charge in [0.05, 0.1) is 10.9 Å². The molecule has 0 spiro atoms. The maximum Gasteiger partial charge on any atom is 0.233 e. The zero-order valence-electron chi connectivity index (χ0n) is 14.1. The van der Waals surface area contributed by atoms with E-state index in [-0.39, 0.29) is 11.2 Å². The second-order valence-electron chi connectivity index (χ2n) is 5.62. The number of hydrogen-bond acceptors (Lipinski definition) is 5. The summed E-state index contributed by atoms with van der Waals surface area (Å²) in [6, 6.07) is 17.7. The molecule has 0 aliphatic heterocycles. The van der Waals surface area contributed by atoms with Crippen LogP contribution in [-0.2, 0) is 11.3 Å². The van der Waals surface area contributed by atoms with E-state index in [9.17, 15) is 4.79 Å². The van der Waals surface area contributed by atoms with Gasteiger partial charge in [0, 0.05) is 6.54 Å². The number of tetrazole rings is 1. The molecule has 0 saturated heterocycles. The van der Waals surface area contributed by atoms with Crippen LogP contribution in [0.25, 0.3) is 5.69 Å². The molecule has 0 fully saturated rings. The molecule has 0 saturated carbocycles. The van der Waals surface area contributed by atoms with E-state index in [2.05, 4.69) is 20.8 Å². The predicted molar refractivity (Wildman–Crippen MR) is 97.5 cm³/mol. The molecule has 0 unspecified atom stereocenters. The van der Waals surface area contributed by atoms with Crippen LogP contribution in [0.15, 0.2) is 59.8 Å². The summed E-state index contributed by atoms with van der Waals surface area (Å²) in [4.78, 5) is 12.3. The molecule has 3 rings (SSSR count). The largest absolute Gasteiger partial charge is 0.351 e. The van der Waals surface area contributed by atoms with Crippen molar-refractivity contribution in [1.29, 1.82) is 0 Å². The Balaban J connectivity index is 1.65. The molecule has 0 aliphatic rings. The van der Waals surface area contributed by atoms with Gasteiger partial charge >= 0.3 is 0 Å². The van der Waals surface area contributed by atoms with Crippen LogP contribution in [0.2, 0.25) is 0 Å². The highest BCUT2D eigenvalue weighted by atomic mass is 32.2. The number of carbonyl (C=O) groups excluding carboxylic acids is 1. The Labute approximate surface area is 150 Å². The van der Waals surface area contributed by atoms with Crippen molar-refractivity contribution in [2.24, 2.45) is 0 Å². The lowest BCUT2D eigenvalue weighted by Gasteiger charge is -2.12. The van der Waals surface area contributed by atoms with Crippen LogP contribution < -0.4 is 5.32 Å². The number of para-hydroxylation sites is 1. The first-order valence-corrected chi connectivity index (χ1v) is 8.86. The fraction of sp³-hybridized carbons (Fsp3) is 0.222. The number of nitrogens with one attached hydrogen (secondary N) is 1. The van der Waals surface area contributed by atoms with Gasteiger partial charge in [0.15, 0.2) is 0 Å². The van der Waals surface area contributed by atoms with E-state index >= 15 is 0 Å². The first kappa shape index (κ1) is 17.2. The second kappa shape index (κ2) is 7.94. The van der Waals surface area contributed by atoms with E-state index in [1.165, 1.54) is 11.8 Å².